The van der Waals surface area contributed by atoms with Crippen molar-refractivity contribution in [1.82, 2.24) is 4.90 Å². The fourth-order valence-corrected chi connectivity index (χ4v) is 2.55. The minimum Gasteiger partial charge on any atom is -0.492 e. The van der Waals surface area contributed by atoms with Crippen LogP contribution in [0, 0.1) is 0 Å². The largest absolute Gasteiger partial charge is 0.492 e. The van der Waals surface area contributed by atoms with Crippen LogP contribution in [0.3, 0.4) is 0 Å². The van der Waals surface area contributed by atoms with Crippen molar-refractivity contribution in [3.63, 3.8) is 0 Å². The molecule has 5 nitrogen and oxygen atoms in total. The Bertz CT molecular complexity index is 548. The van der Waals surface area contributed by atoms with E-state index in [2.05, 4.69) is 0 Å². The first-order valence-electron chi connectivity index (χ1n) is 7.25. The van der Waals surface area contributed by atoms with Gasteiger partial charge in [-0.2, -0.15) is 13.2 Å². The van der Waals surface area contributed by atoms with Crippen molar-refractivity contribution < 1.29 is 27.8 Å². The van der Waals surface area contributed by atoms with E-state index in [9.17, 15) is 23.1 Å². The van der Waals surface area contributed by atoms with Crippen LogP contribution < -0.4 is 10.5 Å². The number of rotatable bonds is 5. The van der Waals surface area contributed by atoms with E-state index in [1.165, 1.54) is 12.1 Å². The Balaban J connectivity index is 1.82. The molecule has 1 aromatic carbocycles. The van der Waals surface area contributed by atoms with Gasteiger partial charge >= 0.3 is 6.18 Å². The van der Waals surface area contributed by atoms with Crippen LogP contribution in [0.15, 0.2) is 24.3 Å². The number of aliphatic hydroxyl groups is 1. The number of nitrogens with two attached hydrogens (primary N) is 1. The van der Waals surface area contributed by atoms with Gasteiger partial charge in [0.1, 0.15) is 12.4 Å². The Kier molecular flexibility index (Phi) is 5.16. The van der Waals surface area contributed by atoms with E-state index >= 15 is 0 Å². The second-order valence-electron chi connectivity index (χ2n) is 5.65. The summed E-state index contributed by atoms with van der Waals surface area (Å²) in [6, 6.07) is 4.45. The van der Waals surface area contributed by atoms with E-state index in [-0.39, 0.29) is 13.2 Å². The number of nitrogens with zero attached hydrogens (tertiary/aromatic N) is 1. The Hall–Kier alpha value is -1.80. The van der Waals surface area contributed by atoms with Gasteiger partial charge in [-0.3, -0.25) is 9.69 Å². The highest BCUT2D eigenvalue weighted by Gasteiger charge is 2.38. The second-order valence-corrected chi connectivity index (χ2v) is 5.65. The van der Waals surface area contributed by atoms with Crippen LogP contribution in [0.25, 0.3) is 0 Å². The van der Waals surface area contributed by atoms with Gasteiger partial charge in [-0.1, -0.05) is 0 Å². The molecule has 1 aliphatic heterocycles. The molecule has 0 radical (unpaired) electrons. The minimum absolute atomic E-state index is 0.138. The lowest BCUT2D eigenvalue weighted by atomic mass is 9.92. The number of primary amides is 1. The SMILES string of the molecule is NC(=O)[C@]1(O)CCCN(CCOc2ccc(C(F)(F)F)cc2)C1. The zero-order valence-electron chi connectivity index (χ0n) is 12.5. The third kappa shape index (κ3) is 4.59. The number of alkyl halides is 3. The Morgan fingerprint density at radius 1 is 1.35 bits per heavy atom. The van der Waals surface area contributed by atoms with Crippen LogP contribution in [0.1, 0.15) is 18.4 Å². The van der Waals surface area contributed by atoms with Crippen LogP contribution in [0.4, 0.5) is 13.2 Å². The van der Waals surface area contributed by atoms with Crippen molar-refractivity contribution in [2.24, 2.45) is 5.73 Å². The third-order valence-corrected chi connectivity index (χ3v) is 3.87. The van der Waals surface area contributed by atoms with Gasteiger partial charge in [0.15, 0.2) is 5.60 Å². The number of likely N-dealkylation sites (tertiary alicyclic amines) is 1. The number of ether oxygens (including phenoxy) is 1. The molecule has 2 rings (SSSR count). The average molecular weight is 332 g/mol. The summed E-state index contributed by atoms with van der Waals surface area (Å²) >= 11 is 0. The topological polar surface area (TPSA) is 75.8 Å². The third-order valence-electron chi connectivity index (χ3n) is 3.87. The van der Waals surface area contributed by atoms with Crippen LogP contribution in [0.5, 0.6) is 5.75 Å². The van der Waals surface area contributed by atoms with Crippen LogP contribution in [-0.4, -0.2) is 47.8 Å². The summed E-state index contributed by atoms with van der Waals surface area (Å²) in [5.74, 6) is -0.411. The Morgan fingerprint density at radius 2 is 2.00 bits per heavy atom. The van der Waals surface area contributed by atoms with E-state index in [1.807, 2.05) is 4.90 Å². The molecule has 0 spiro atoms. The molecule has 0 aromatic heterocycles. The van der Waals surface area contributed by atoms with Gasteiger partial charge in [0, 0.05) is 13.1 Å². The number of β-amino-alcohol motifs (C(OH)–C–C–N with tert-alkyl or cyclic N) is 1. The average Bonchev–Trinajstić information content (AvgIpc) is 2.47. The molecule has 0 aliphatic carbocycles. The fraction of sp³-hybridized carbons (Fsp3) is 0.533. The molecule has 3 N–H and O–H groups in total. The summed E-state index contributed by atoms with van der Waals surface area (Å²) in [5.41, 5.74) is 2.94. The Morgan fingerprint density at radius 3 is 2.57 bits per heavy atom. The summed E-state index contributed by atoms with van der Waals surface area (Å²) in [4.78, 5) is 13.1. The van der Waals surface area contributed by atoms with Crippen molar-refractivity contribution in [3.05, 3.63) is 29.8 Å². The maximum atomic E-state index is 12.4. The van der Waals surface area contributed by atoms with Gasteiger partial charge in [-0.15, -0.1) is 0 Å². The molecular weight excluding hydrogens is 313 g/mol. The molecule has 1 heterocycles. The molecule has 0 unspecified atom stereocenters. The van der Waals surface area contributed by atoms with Crippen LogP contribution in [0.2, 0.25) is 0 Å². The van der Waals surface area contributed by atoms with Crippen LogP contribution in [-0.2, 0) is 11.0 Å². The molecule has 1 atom stereocenters. The van der Waals surface area contributed by atoms with Crippen molar-refractivity contribution in [1.29, 1.82) is 0 Å². The van der Waals surface area contributed by atoms with Crippen molar-refractivity contribution in [2.45, 2.75) is 24.6 Å². The smallest absolute Gasteiger partial charge is 0.416 e. The van der Waals surface area contributed by atoms with Crippen LogP contribution >= 0.6 is 0 Å². The monoisotopic (exact) mass is 332 g/mol. The highest BCUT2D eigenvalue weighted by molar-refractivity contribution is 5.83. The first kappa shape index (κ1) is 17.6. The summed E-state index contributed by atoms with van der Waals surface area (Å²) in [6.45, 7) is 1.52. The molecule has 1 saturated heterocycles. The summed E-state index contributed by atoms with van der Waals surface area (Å²) in [5, 5.41) is 10.1. The quantitative estimate of drug-likeness (QED) is 0.855. The first-order valence-corrected chi connectivity index (χ1v) is 7.25. The van der Waals surface area contributed by atoms with E-state index in [0.29, 0.717) is 31.7 Å². The maximum Gasteiger partial charge on any atom is 0.416 e. The predicted octanol–water partition coefficient (Wildman–Crippen LogP) is 1.40. The number of carbonyl (C=O) groups excluding carboxylic acids is 1. The normalized spacial score (nSPS) is 22.8. The molecule has 1 aromatic rings. The van der Waals surface area contributed by atoms with Gasteiger partial charge in [0.05, 0.1) is 5.56 Å². The van der Waals surface area contributed by atoms with E-state index in [4.69, 9.17) is 10.5 Å². The first-order chi connectivity index (χ1) is 10.7. The Labute approximate surface area is 131 Å². The molecule has 128 valence electrons. The van der Waals surface area contributed by atoms with Gasteiger partial charge in [-0.25, -0.2) is 0 Å². The number of carbonyl (C=O) groups is 1. The summed E-state index contributed by atoms with van der Waals surface area (Å²) in [7, 11) is 0. The van der Waals surface area contributed by atoms with Gasteiger partial charge in [0.2, 0.25) is 0 Å². The predicted molar refractivity (Wildman–Crippen MR) is 76.8 cm³/mol. The number of hydrogen-bond donors (Lipinski definition) is 2. The highest BCUT2D eigenvalue weighted by atomic mass is 19.4. The molecule has 23 heavy (non-hydrogen) atoms. The fourth-order valence-electron chi connectivity index (χ4n) is 2.55. The standard InChI is InChI=1S/C15H19F3N2O3/c16-15(17,18)11-2-4-12(5-3-11)23-9-8-20-7-1-6-14(22,10-20)13(19)21/h2-5,22H,1,6-10H2,(H2,19,21)/t14-/m0/s1. The van der Waals surface area contributed by atoms with Gasteiger partial charge < -0.3 is 15.6 Å². The lowest BCUT2D eigenvalue weighted by Gasteiger charge is -2.36. The zero-order chi connectivity index (χ0) is 17.1. The lowest BCUT2D eigenvalue weighted by Crippen LogP contribution is -2.56. The number of benzene rings is 1. The number of amides is 1. The van der Waals surface area contributed by atoms with Gasteiger partial charge in [-0.05, 0) is 43.7 Å². The molecule has 1 aliphatic rings. The molecule has 0 saturated carbocycles. The molecule has 1 fully saturated rings. The van der Waals surface area contributed by atoms with E-state index < -0.39 is 23.2 Å². The summed E-state index contributed by atoms with van der Waals surface area (Å²) in [6.07, 6.45) is -3.40. The number of halogens is 3. The zero-order valence-corrected chi connectivity index (χ0v) is 12.5. The molecular formula is C15H19F3N2O3. The van der Waals surface area contributed by atoms with Crippen molar-refractivity contribution in [2.75, 3.05) is 26.2 Å². The minimum atomic E-state index is -4.37. The second kappa shape index (κ2) is 6.76. The number of piperidine rings is 1. The molecule has 1 amide bonds. The van der Waals surface area contributed by atoms with E-state index in [0.717, 1.165) is 12.1 Å². The maximum absolute atomic E-state index is 12.4. The van der Waals surface area contributed by atoms with Gasteiger partial charge in [0.25, 0.3) is 5.91 Å². The molecule has 8 heteroatoms. The van der Waals surface area contributed by atoms with Crippen molar-refractivity contribution in [3.8, 4) is 5.75 Å². The van der Waals surface area contributed by atoms with Crippen molar-refractivity contribution >= 4 is 5.91 Å². The van der Waals surface area contributed by atoms with E-state index in [1.54, 1.807) is 0 Å². The highest BCUT2D eigenvalue weighted by Crippen LogP contribution is 2.30. The summed E-state index contributed by atoms with van der Waals surface area (Å²) < 4.78 is 42.7. The number of hydrogen-bond acceptors (Lipinski definition) is 4. The lowest BCUT2D eigenvalue weighted by molar-refractivity contribution is -0.142. The molecule has 0 bridgehead atoms.